The minimum absolute atomic E-state index is 0. The fraction of sp³-hybridized carbons (Fsp3) is 0.250. The molecule has 5 heavy (non-hydrogen) atoms. The summed E-state index contributed by atoms with van der Waals surface area (Å²) >= 11 is 0. The minimum Gasteiger partial charge on any atom is -0.245 e. The van der Waals surface area contributed by atoms with E-state index in [2.05, 4.69) is 6.58 Å². The van der Waals surface area contributed by atoms with Gasteiger partial charge in [0.1, 0.15) is 0 Å². The van der Waals surface area contributed by atoms with Crippen molar-refractivity contribution in [2.45, 2.75) is 6.92 Å². The maximum atomic E-state index is 3.42. The second-order valence-corrected chi connectivity index (χ2v) is 0.569. The van der Waals surface area contributed by atoms with Gasteiger partial charge in [-0.15, -0.1) is 6.92 Å². The van der Waals surface area contributed by atoms with Crippen molar-refractivity contribution in [1.82, 2.24) is 0 Å². The van der Waals surface area contributed by atoms with Crippen LogP contribution in [0.2, 0.25) is 0 Å². The molecular formula is C4H7Pd-. The molecule has 0 aromatic carbocycles. The Bertz CT molecular complexity index is 17.6. The normalized spacial score (nSPS) is 4.20. The number of hydrogen-bond acceptors (Lipinski definition) is 0. The standard InChI is InChI=1S/C4H7.Pd/c1-3-4-2;/h3-4H,1H2,2H3;/q-1;. The molecule has 0 spiro atoms. The molecule has 0 N–H and O–H groups in total. The molecule has 0 rings (SSSR count). The van der Waals surface area contributed by atoms with E-state index in [1.54, 1.807) is 6.08 Å². The molecule has 0 aromatic rings. The Morgan fingerprint density at radius 3 is 2.00 bits per heavy atom. The molecule has 0 aliphatic rings. The van der Waals surface area contributed by atoms with E-state index in [0.717, 1.165) is 0 Å². The fourth-order valence-corrected chi connectivity index (χ4v) is 0. The van der Waals surface area contributed by atoms with Crippen molar-refractivity contribution in [2.24, 2.45) is 0 Å². The first-order chi connectivity index (χ1) is 1.91. The summed E-state index contributed by atoms with van der Waals surface area (Å²) in [5, 5.41) is 0. The van der Waals surface area contributed by atoms with Crippen LogP contribution in [0.3, 0.4) is 0 Å². The van der Waals surface area contributed by atoms with E-state index in [-0.39, 0.29) is 20.4 Å². The Labute approximate surface area is 46.9 Å². The van der Waals surface area contributed by atoms with Crippen LogP contribution in [-0.4, -0.2) is 0 Å². The smallest absolute Gasteiger partial charge is 0 e. The molecule has 0 radical (unpaired) electrons. The van der Waals surface area contributed by atoms with Gasteiger partial charge in [-0.05, 0) is 0 Å². The van der Waals surface area contributed by atoms with Gasteiger partial charge in [-0.25, -0.2) is 19.1 Å². The molecule has 0 saturated heterocycles. The molecule has 0 saturated carbocycles. The molecule has 0 aromatic heterocycles. The molecule has 0 aliphatic heterocycles. The molecule has 34 valence electrons. The largest absolute Gasteiger partial charge is 0.245 e. The van der Waals surface area contributed by atoms with Crippen molar-refractivity contribution in [3.63, 3.8) is 0 Å². The molecule has 0 amide bonds. The SMILES string of the molecule is C=C[CH-]C.[Pd]. The summed E-state index contributed by atoms with van der Waals surface area (Å²) in [4.78, 5) is 0. The van der Waals surface area contributed by atoms with Gasteiger partial charge in [-0.2, -0.15) is 0 Å². The zero-order valence-electron chi connectivity index (χ0n) is 3.18. The monoisotopic (exact) mass is 161 g/mol. The molecule has 0 fully saturated rings. The third-order valence-electron chi connectivity index (χ3n) is 0.236. The van der Waals surface area contributed by atoms with Crippen molar-refractivity contribution in [3.8, 4) is 0 Å². The fourth-order valence-electron chi connectivity index (χ4n) is 0. The summed E-state index contributed by atoms with van der Waals surface area (Å²) in [5.74, 6) is 0. The average Bonchev–Trinajstić information content (AvgIpc) is 1.37. The van der Waals surface area contributed by atoms with Crippen molar-refractivity contribution in [2.75, 3.05) is 0 Å². The van der Waals surface area contributed by atoms with Gasteiger partial charge in [0.25, 0.3) is 0 Å². The summed E-state index contributed by atoms with van der Waals surface area (Å²) in [5.41, 5.74) is 0. The molecule has 0 atom stereocenters. The third-order valence-corrected chi connectivity index (χ3v) is 0.236. The van der Waals surface area contributed by atoms with Gasteiger partial charge in [0.2, 0.25) is 0 Å². The Balaban J connectivity index is 0. The maximum Gasteiger partial charge on any atom is 0 e. The molecule has 0 unspecified atom stereocenters. The summed E-state index contributed by atoms with van der Waals surface area (Å²) in [6.45, 7) is 5.36. The van der Waals surface area contributed by atoms with Gasteiger partial charge in [0.05, 0.1) is 0 Å². The number of rotatable bonds is 1. The molecule has 0 nitrogen and oxygen atoms in total. The van der Waals surface area contributed by atoms with Crippen LogP contribution in [0.1, 0.15) is 6.92 Å². The van der Waals surface area contributed by atoms with Gasteiger partial charge in [-0.3, -0.25) is 0 Å². The van der Waals surface area contributed by atoms with Gasteiger partial charge >= 0.3 is 0 Å². The van der Waals surface area contributed by atoms with Crippen molar-refractivity contribution >= 4 is 0 Å². The van der Waals surface area contributed by atoms with E-state index in [4.69, 9.17) is 0 Å². The summed E-state index contributed by atoms with van der Waals surface area (Å²) in [6.07, 6.45) is 3.64. The average molecular weight is 162 g/mol. The van der Waals surface area contributed by atoms with E-state index < -0.39 is 0 Å². The van der Waals surface area contributed by atoms with Crippen LogP contribution in [0.15, 0.2) is 12.7 Å². The first kappa shape index (κ1) is 8.99. The van der Waals surface area contributed by atoms with E-state index in [1.165, 1.54) is 0 Å². The first-order valence-electron chi connectivity index (χ1n) is 1.32. The minimum atomic E-state index is 0. The van der Waals surface area contributed by atoms with Gasteiger partial charge in [-0.1, -0.05) is 0 Å². The zero-order valence-corrected chi connectivity index (χ0v) is 4.73. The van der Waals surface area contributed by atoms with Crippen LogP contribution in [0.4, 0.5) is 0 Å². The third kappa shape index (κ3) is 13.6. The van der Waals surface area contributed by atoms with Crippen LogP contribution in [0.5, 0.6) is 0 Å². The predicted octanol–water partition coefficient (Wildman–Crippen LogP) is 1.39. The van der Waals surface area contributed by atoms with Crippen LogP contribution in [0.25, 0.3) is 0 Å². The van der Waals surface area contributed by atoms with Gasteiger partial charge < -0.3 is 0 Å². The summed E-state index contributed by atoms with van der Waals surface area (Å²) in [7, 11) is 0. The van der Waals surface area contributed by atoms with E-state index in [9.17, 15) is 0 Å². The van der Waals surface area contributed by atoms with E-state index in [0.29, 0.717) is 0 Å². The summed E-state index contributed by atoms with van der Waals surface area (Å²) in [6, 6.07) is 0. The van der Waals surface area contributed by atoms with Crippen molar-refractivity contribution in [1.29, 1.82) is 0 Å². The molecule has 0 bridgehead atoms. The van der Waals surface area contributed by atoms with Crippen molar-refractivity contribution < 1.29 is 20.4 Å². The van der Waals surface area contributed by atoms with Crippen molar-refractivity contribution in [3.05, 3.63) is 19.1 Å². The van der Waals surface area contributed by atoms with Crippen LogP contribution >= 0.6 is 0 Å². The molecular weight excluding hydrogens is 154 g/mol. The zero-order chi connectivity index (χ0) is 3.41. The van der Waals surface area contributed by atoms with E-state index >= 15 is 0 Å². The second-order valence-electron chi connectivity index (χ2n) is 0.569. The molecule has 0 aliphatic carbocycles. The van der Waals surface area contributed by atoms with Crippen LogP contribution < -0.4 is 0 Å². The van der Waals surface area contributed by atoms with Crippen LogP contribution in [-0.2, 0) is 20.4 Å². The number of allylic oxidation sites excluding steroid dienone is 1. The molecule has 0 heterocycles. The Hall–Kier alpha value is 0.272. The first-order valence-corrected chi connectivity index (χ1v) is 1.32. The van der Waals surface area contributed by atoms with Crippen LogP contribution in [0, 0.1) is 6.42 Å². The Kier molecular flexibility index (Phi) is 15.9. The number of hydrogen-bond donors (Lipinski definition) is 0. The van der Waals surface area contributed by atoms with Gasteiger partial charge in [0, 0.05) is 20.4 Å². The summed E-state index contributed by atoms with van der Waals surface area (Å²) < 4.78 is 0. The molecule has 1 heteroatoms. The van der Waals surface area contributed by atoms with Gasteiger partial charge in [0.15, 0.2) is 0 Å². The predicted molar refractivity (Wildman–Crippen MR) is 20.2 cm³/mol. The Morgan fingerprint density at radius 2 is 2.00 bits per heavy atom. The topological polar surface area (TPSA) is 0 Å². The quantitative estimate of drug-likeness (QED) is 0.403. The maximum absolute atomic E-state index is 3.42. The van der Waals surface area contributed by atoms with E-state index in [1.807, 2.05) is 13.3 Å². The Morgan fingerprint density at radius 1 is 1.80 bits per heavy atom. The second kappa shape index (κ2) is 8.86.